The second-order valence-corrected chi connectivity index (χ2v) is 5.86. The lowest BCUT2D eigenvalue weighted by molar-refractivity contribution is -0.116. The van der Waals surface area contributed by atoms with E-state index in [0.29, 0.717) is 12.2 Å². The van der Waals surface area contributed by atoms with Crippen LogP contribution in [0.25, 0.3) is 0 Å². The fraction of sp³-hybridized carbons (Fsp3) is 0.350. The molecule has 0 heterocycles. The van der Waals surface area contributed by atoms with E-state index in [0.717, 1.165) is 30.9 Å². The molecule has 0 saturated heterocycles. The van der Waals surface area contributed by atoms with E-state index in [9.17, 15) is 4.79 Å². The molecule has 0 radical (unpaired) electrons. The van der Waals surface area contributed by atoms with Crippen molar-refractivity contribution in [1.29, 1.82) is 0 Å². The van der Waals surface area contributed by atoms with Crippen LogP contribution in [0.2, 0.25) is 0 Å². The van der Waals surface area contributed by atoms with Gasteiger partial charge >= 0.3 is 0 Å². The third-order valence-corrected chi connectivity index (χ3v) is 3.98. The zero-order chi connectivity index (χ0) is 17.4. The number of hydrogen-bond donors (Lipinski definition) is 1. The Bertz CT molecular complexity index is 656. The van der Waals surface area contributed by atoms with Crippen molar-refractivity contribution in [1.82, 2.24) is 4.90 Å². The molecule has 2 aromatic rings. The smallest absolute Gasteiger partial charge is 0.225 e. The van der Waals surface area contributed by atoms with Gasteiger partial charge in [-0.25, -0.2) is 0 Å². The molecule has 0 aliphatic heterocycles. The van der Waals surface area contributed by atoms with E-state index in [1.807, 2.05) is 43.3 Å². The van der Waals surface area contributed by atoms with Gasteiger partial charge in [0.2, 0.25) is 5.91 Å². The Balaban J connectivity index is 1.89. The van der Waals surface area contributed by atoms with Crippen molar-refractivity contribution < 1.29 is 9.53 Å². The minimum Gasteiger partial charge on any atom is -0.495 e. The first-order valence-electron chi connectivity index (χ1n) is 8.33. The Hall–Kier alpha value is -2.33. The van der Waals surface area contributed by atoms with Crippen LogP contribution in [0, 0.1) is 6.92 Å². The fourth-order valence-corrected chi connectivity index (χ4v) is 2.58. The van der Waals surface area contributed by atoms with E-state index in [-0.39, 0.29) is 5.91 Å². The Kier molecular flexibility index (Phi) is 6.82. The molecule has 0 spiro atoms. The molecule has 128 valence electrons. The van der Waals surface area contributed by atoms with Crippen molar-refractivity contribution in [3.05, 3.63) is 59.7 Å². The second-order valence-electron chi connectivity index (χ2n) is 5.86. The van der Waals surface area contributed by atoms with Crippen molar-refractivity contribution in [2.45, 2.75) is 26.8 Å². The zero-order valence-electron chi connectivity index (χ0n) is 14.7. The average molecular weight is 326 g/mol. The number of nitrogens with zero attached hydrogens (tertiary/aromatic N) is 1. The van der Waals surface area contributed by atoms with Gasteiger partial charge in [-0.1, -0.05) is 43.3 Å². The highest BCUT2D eigenvalue weighted by Gasteiger charge is 2.10. The number of aryl methyl sites for hydroxylation is 1. The first kappa shape index (κ1) is 18.0. The van der Waals surface area contributed by atoms with Crippen LogP contribution in [0.3, 0.4) is 0 Å². The molecule has 24 heavy (non-hydrogen) atoms. The molecule has 4 nitrogen and oxygen atoms in total. The van der Waals surface area contributed by atoms with Crippen molar-refractivity contribution >= 4 is 11.6 Å². The minimum atomic E-state index is 0.00501. The summed E-state index contributed by atoms with van der Waals surface area (Å²) < 4.78 is 5.30. The van der Waals surface area contributed by atoms with Gasteiger partial charge in [-0.3, -0.25) is 9.69 Å². The van der Waals surface area contributed by atoms with Crippen LogP contribution in [0.15, 0.2) is 48.5 Å². The van der Waals surface area contributed by atoms with Crippen molar-refractivity contribution in [2.24, 2.45) is 0 Å². The summed E-state index contributed by atoms with van der Waals surface area (Å²) in [5.74, 6) is 0.691. The van der Waals surface area contributed by atoms with Crippen LogP contribution in [0.1, 0.15) is 24.5 Å². The maximum Gasteiger partial charge on any atom is 0.225 e. The maximum atomic E-state index is 12.3. The topological polar surface area (TPSA) is 41.6 Å². The summed E-state index contributed by atoms with van der Waals surface area (Å²) >= 11 is 0. The van der Waals surface area contributed by atoms with Crippen LogP contribution in [0.5, 0.6) is 5.75 Å². The summed E-state index contributed by atoms with van der Waals surface area (Å²) in [4.78, 5) is 14.5. The highest BCUT2D eigenvalue weighted by Crippen LogP contribution is 2.25. The van der Waals surface area contributed by atoms with E-state index in [1.54, 1.807) is 7.11 Å². The van der Waals surface area contributed by atoms with Gasteiger partial charge in [-0.05, 0) is 36.7 Å². The molecule has 0 aliphatic rings. The van der Waals surface area contributed by atoms with E-state index in [4.69, 9.17) is 4.74 Å². The van der Waals surface area contributed by atoms with Crippen molar-refractivity contribution in [3.8, 4) is 5.75 Å². The van der Waals surface area contributed by atoms with E-state index in [2.05, 4.69) is 29.3 Å². The normalized spacial score (nSPS) is 10.7. The maximum absolute atomic E-state index is 12.3. The van der Waals surface area contributed by atoms with Gasteiger partial charge in [0, 0.05) is 19.5 Å². The molecule has 1 N–H and O–H groups in total. The molecular weight excluding hydrogens is 300 g/mol. The molecule has 4 heteroatoms. The Morgan fingerprint density at radius 1 is 1.17 bits per heavy atom. The number of anilines is 1. The number of methoxy groups -OCH3 is 1. The molecule has 0 unspecified atom stereocenters. The van der Waals surface area contributed by atoms with E-state index >= 15 is 0 Å². The van der Waals surface area contributed by atoms with Gasteiger partial charge in [0.25, 0.3) is 0 Å². The molecule has 2 aromatic carbocycles. The SMILES string of the molecule is CCN(CCC(=O)Nc1cc(C)ccc1OC)Cc1ccccc1. The number of ether oxygens (including phenoxy) is 1. The number of benzene rings is 2. The predicted octanol–water partition coefficient (Wildman–Crippen LogP) is 3.85. The van der Waals surface area contributed by atoms with Crippen LogP contribution >= 0.6 is 0 Å². The summed E-state index contributed by atoms with van der Waals surface area (Å²) in [5, 5.41) is 2.95. The zero-order valence-corrected chi connectivity index (χ0v) is 14.7. The molecule has 0 saturated carbocycles. The van der Waals surface area contributed by atoms with E-state index < -0.39 is 0 Å². The number of hydrogen-bond acceptors (Lipinski definition) is 3. The lowest BCUT2D eigenvalue weighted by Crippen LogP contribution is -2.27. The molecule has 0 atom stereocenters. The van der Waals surface area contributed by atoms with Gasteiger partial charge in [0.1, 0.15) is 5.75 Å². The summed E-state index contributed by atoms with van der Waals surface area (Å²) in [5.41, 5.74) is 3.08. The van der Waals surface area contributed by atoms with Gasteiger partial charge < -0.3 is 10.1 Å². The lowest BCUT2D eigenvalue weighted by atomic mass is 10.2. The molecule has 1 amide bonds. The Morgan fingerprint density at radius 3 is 2.58 bits per heavy atom. The minimum absolute atomic E-state index is 0.00501. The average Bonchev–Trinajstić information content (AvgIpc) is 2.59. The van der Waals surface area contributed by atoms with Gasteiger partial charge in [-0.2, -0.15) is 0 Å². The number of carbonyl (C=O) groups is 1. The van der Waals surface area contributed by atoms with Crippen LogP contribution < -0.4 is 10.1 Å². The fourth-order valence-electron chi connectivity index (χ4n) is 2.58. The first-order valence-corrected chi connectivity index (χ1v) is 8.33. The third-order valence-electron chi connectivity index (χ3n) is 3.98. The number of rotatable bonds is 8. The quantitative estimate of drug-likeness (QED) is 0.801. The van der Waals surface area contributed by atoms with E-state index in [1.165, 1.54) is 5.56 Å². The predicted molar refractivity (Wildman–Crippen MR) is 98.4 cm³/mol. The van der Waals surface area contributed by atoms with Gasteiger partial charge in [0.05, 0.1) is 12.8 Å². The first-order chi connectivity index (χ1) is 11.6. The number of nitrogens with one attached hydrogen (secondary N) is 1. The van der Waals surface area contributed by atoms with Crippen molar-refractivity contribution in [3.63, 3.8) is 0 Å². The summed E-state index contributed by atoms with van der Waals surface area (Å²) in [7, 11) is 1.61. The highest BCUT2D eigenvalue weighted by molar-refractivity contribution is 5.92. The summed E-state index contributed by atoms with van der Waals surface area (Å²) in [6.45, 7) is 6.61. The lowest BCUT2D eigenvalue weighted by Gasteiger charge is -2.20. The summed E-state index contributed by atoms with van der Waals surface area (Å²) in [6, 6.07) is 16.1. The van der Waals surface area contributed by atoms with Crippen molar-refractivity contribution in [2.75, 3.05) is 25.5 Å². The van der Waals surface area contributed by atoms with Gasteiger partial charge in [-0.15, -0.1) is 0 Å². The van der Waals surface area contributed by atoms with Crippen LogP contribution in [-0.2, 0) is 11.3 Å². The number of carbonyl (C=O) groups excluding carboxylic acids is 1. The molecule has 0 aromatic heterocycles. The molecular formula is C20H26N2O2. The second kappa shape index (κ2) is 9.08. The number of amides is 1. The van der Waals surface area contributed by atoms with Crippen LogP contribution in [-0.4, -0.2) is 31.0 Å². The van der Waals surface area contributed by atoms with Gasteiger partial charge in [0.15, 0.2) is 0 Å². The third kappa shape index (κ3) is 5.39. The highest BCUT2D eigenvalue weighted by atomic mass is 16.5. The monoisotopic (exact) mass is 326 g/mol. The summed E-state index contributed by atoms with van der Waals surface area (Å²) in [6.07, 6.45) is 0.456. The Labute approximate surface area is 144 Å². The standard InChI is InChI=1S/C20H26N2O2/c1-4-22(15-17-8-6-5-7-9-17)13-12-20(23)21-18-14-16(2)10-11-19(18)24-3/h5-11,14H,4,12-13,15H2,1-3H3,(H,21,23). The molecule has 2 rings (SSSR count). The van der Waals surface area contributed by atoms with Crippen LogP contribution in [0.4, 0.5) is 5.69 Å². The molecule has 0 aliphatic carbocycles. The Morgan fingerprint density at radius 2 is 1.92 bits per heavy atom. The molecule has 0 fully saturated rings. The molecule has 0 bridgehead atoms. The largest absolute Gasteiger partial charge is 0.495 e.